The summed E-state index contributed by atoms with van der Waals surface area (Å²) >= 11 is 5.88. The van der Waals surface area contributed by atoms with Gasteiger partial charge in [0.25, 0.3) is 0 Å². The average Bonchev–Trinajstić information content (AvgIpc) is 3.54. The molecule has 0 radical (unpaired) electrons. The zero-order chi connectivity index (χ0) is 22.8. The van der Waals surface area contributed by atoms with Gasteiger partial charge in [-0.2, -0.15) is 0 Å². The first kappa shape index (κ1) is 22.4. The first-order valence-electron chi connectivity index (χ1n) is 12.0. The van der Waals surface area contributed by atoms with E-state index in [1.807, 2.05) is 4.90 Å². The maximum Gasteiger partial charge on any atom is 0.226 e. The maximum atomic E-state index is 14.4. The van der Waals surface area contributed by atoms with Gasteiger partial charge >= 0.3 is 0 Å². The van der Waals surface area contributed by atoms with Gasteiger partial charge in [-0.05, 0) is 67.6 Å². The summed E-state index contributed by atoms with van der Waals surface area (Å²) in [6.45, 7) is 4.12. The topological polar surface area (TPSA) is 58.6 Å². The number of aromatic nitrogens is 2. The zero-order valence-electron chi connectivity index (χ0n) is 18.8. The molecule has 3 heterocycles. The molecular formula is C25H30ClFN4O2. The Morgan fingerprint density at radius 3 is 2.58 bits per heavy atom. The van der Waals surface area contributed by atoms with E-state index in [1.165, 1.54) is 12.5 Å². The van der Waals surface area contributed by atoms with E-state index < -0.39 is 0 Å². The molecule has 2 aliphatic heterocycles. The molecule has 176 valence electrons. The molecule has 0 bridgehead atoms. The predicted molar refractivity (Wildman–Crippen MR) is 125 cm³/mol. The molecule has 0 spiro atoms. The van der Waals surface area contributed by atoms with Crippen LogP contribution in [0, 0.1) is 23.6 Å². The summed E-state index contributed by atoms with van der Waals surface area (Å²) in [6, 6.07) is 4.90. The van der Waals surface area contributed by atoms with Crippen LogP contribution in [0.4, 0.5) is 10.3 Å². The molecular weight excluding hydrogens is 443 g/mol. The summed E-state index contributed by atoms with van der Waals surface area (Å²) in [6.07, 6.45) is 9.12. The molecule has 2 saturated heterocycles. The van der Waals surface area contributed by atoms with Gasteiger partial charge in [0.2, 0.25) is 11.9 Å². The Kier molecular flexibility index (Phi) is 6.67. The molecule has 33 heavy (non-hydrogen) atoms. The standard InChI is InChI=1S/C25H30ClFN4O2/c26-20-15-28-25(29-16-20)31-9-4-18(5-10-31)21-14-19(21)6-11-33-23-3-2-17(12-22(23)27)13-24(32)30-7-1-8-30/h2-3,12,15-16,18-19,21H,1,4-11,13-14H2/t19-,21+/m0/s1. The molecule has 8 heteroatoms. The van der Waals surface area contributed by atoms with E-state index in [0.29, 0.717) is 23.1 Å². The van der Waals surface area contributed by atoms with Crippen molar-refractivity contribution in [3.05, 3.63) is 47.0 Å². The van der Waals surface area contributed by atoms with Gasteiger partial charge in [-0.25, -0.2) is 14.4 Å². The minimum Gasteiger partial charge on any atom is -0.491 e. The Morgan fingerprint density at radius 1 is 1.15 bits per heavy atom. The van der Waals surface area contributed by atoms with Gasteiger partial charge in [-0.15, -0.1) is 0 Å². The number of halogens is 2. The normalized spacial score (nSPS) is 22.7. The number of piperidine rings is 1. The van der Waals surface area contributed by atoms with Crippen molar-refractivity contribution in [1.82, 2.24) is 14.9 Å². The van der Waals surface area contributed by atoms with Crippen molar-refractivity contribution in [3.63, 3.8) is 0 Å². The second-order valence-electron chi connectivity index (χ2n) is 9.50. The van der Waals surface area contributed by atoms with Crippen LogP contribution in [0.1, 0.15) is 37.7 Å². The molecule has 3 fully saturated rings. The van der Waals surface area contributed by atoms with Gasteiger partial charge in [0.1, 0.15) is 0 Å². The van der Waals surface area contributed by atoms with Gasteiger partial charge in [-0.3, -0.25) is 4.79 Å². The molecule has 1 saturated carbocycles. The molecule has 1 aromatic carbocycles. The largest absolute Gasteiger partial charge is 0.491 e. The van der Waals surface area contributed by atoms with Crippen LogP contribution in [0.5, 0.6) is 5.75 Å². The van der Waals surface area contributed by atoms with E-state index in [0.717, 1.165) is 69.6 Å². The lowest BCUT2D eigenvalue weighted by Crippen LogP contribution is -2.42. The third-order valence-electron chi connectivity index (χ3n) is 7.32. The maximum absolute atomic E-state index is 14.4. The number of hydrogen-bond acceptors (Lipinski definition) is 5. The van der Waals surface area contributed by atoms with Gasteiger partial charge in [0, 0.05) is 26.2 Å². The fourth-order valence-electron chi connectivity index (χ4n) is 5.12. The van der Waals surface area contributed by atoms with Crippen molar-refractivity contribution in [2.24, 2.45) is 17.8 Å². The number of amides is 1. The molecule has 1 aliphatic carbocycles. The lowest BCUT2D eigenvalue weighted by Gasteiger charge is -2.32. The van der Waals surface area contributed by atoms with E-state index >= 15 is 0 Å². The molecule has 0 N–H and O–H groups in total. The Hall–Kier alpha value is -2.41. The van der Waals surface area contributed by atoms with Crippen molar-refractivity contribution < 1.29 is 13.9 Å². The second kappa shape index (κ2) is 9.84. The summed E-state index contributed by atoms with van der Waals surface area (Å²) in [5, 5.41) is 0.560. The highest BCUT2D eigenvalue weighted by atomic mass is 35.5. The summed E-state index contributed by atoms with van der Waals surface area (Å²) < 4.78 is 20.2. The smallest absolute Gasteiger partial charge is 0.226 e. The first-order chi connectivity index (χ1) is 16.1. The number of likely N-dealkylation sites (tertiary alicyclic amines) is 1. The Labute approximate surface area is 199 Å². The van der Waals surface area contributed by atoms with Gasteiger partial charge in [0.05, 0.1) is 30.4 Å². The van der Waals surface area contributed by atoms with E-state index in [1.54, 1.807) is 24.5 Å². The molecule has 5 rings (SSSR count). The van der Waals surface area contributed by atoms with E-state index in [9.17, 15) is 9.18 Å². The highest BCUT2D eigenvalue weighted by Crippen LogP contribution is 2.49. The number of ether oxygens (including phenoxy) is 1. The highest BCUT2D eigenvalue weighted by molar-refractivity contribution is 6.30. The molecule has 3 aliphatic rings. The molecule has 0 unspecified atom stereocenters. The fraction of sp³-hybridized carbons (Fsp3) is 0.560. The fourth-order valence-corrected chi connectivity index (χ4v) is 5.22. The van der Waals surface area contributed by atoms with Gasteiger partial charge in [0.15, 0.2) is 11.6 Å². The lowest BCUT2D eigenvalue weighted by molar-refractivity contribution is -0.133. The SMILES string of the molecule is O=C(Cc1ccc(OCC[C@H]2C[C@@H]2C2CCN(c3ncc(Cl)cn3)CC2)c(F)c1)N1CCC1. The predicted octanol–water partition coefficient (Wildman–Crippen LogP) is 4.37. The summed E-state index contributed by atoms with van der Waals surface area (Å²) in [5.41, 5.74) is 0.703. The minimum absolute atomic E-state index is 0.0700. The van der Waals surface area contributed by atoms with Crippen LogP contribution in [0.3, 0.4) is 0 Å². The van der Waals surface area contributed by atoms with Crippen LogP contribution in [0.2, 0.25) is 5.02 Å². The highest BCUT2D eigenvalue weighted by Gasteiger charge is 2.43. The van der Waals surface area contributed by atoms with Crippen molar-refractivity contribution >= 4 is 23.5 Å². The average molecular weight is 473 g/mol. The monoisotopic (exact) mass is 472 g/mol. The van der Waals surface area contributed by atoms with Gasteiger partial charge in [-0.1, -0.05) is 17.7 Å². The lowest BCUT2D eigenvalue weighted by atomic mass is 9.90. The third kappa shape index (κ3) is 5.40. The van der Waals surface area contributed by atoms with Crippen LogP contribution in [0.25, 0.3) is 0 Å². The first-order valence-corrected chi connectivity index (χ1v) is 12.4. The van der Waals surface area contributed by atoms with E-state index in [-0.39, 0.29) is 23.9 Å². The molecule has 1 amide bonds. The Morgan fingerprint density at radius 2 is 1.91 bits per heavy atom. The second-order valence-corrected chi connectivity index (χ2v) is 9.93. The van der Waals surface area contributed by atoms with Crippen molar-refractivity contribution in [3.8, 4) is 5.75 Å². The Bertz CT molecular complexity index is 977. The van der Waals surface area contributed by atoms with Crippen LogP contribution < -0.4 is 9.64 Å². The molecule has 2 atom stereocenters. The number of rotatable bonds is 8. The van der Waals surface area contributed by atoms with E-state index in [2.05, 4.69) is 14.9 Å². The number of carbonyl (C=O) groups excluding carboxylic acids is 1. The number of hydrogen-bond donors (Lipinski definition) is 0. The quantitative estimate of drug-likeness (QED) is 0.571. The van der Waals surface area contributed by atoms with Crippen LogP contribution in [0.15, 0.2) is 30.6 Å². The number of benzene rings is 1. The minimum atomic E-state index is -0.381. The summed E-state index contributed by atoms with van der Waals surface area (Å²) in [7, 11) is 0. The van der Waals surface area contributed by atoms with Crippen LogP contribution in [-0.2, 0) is 11.2 Å². The number of carbonyl (C=O) groups is 1. The molecule has 1 aromatic heterocycles. The zero-order valence-corrected chi connectivity index (χ0v) is 19.5. The summed E-state index contributed by atoms with van der Waals surface area (Å²) in [4.78, 5) is 24.8. The Balaban J connectivity index is 1.02. The van der Waals surface area contributed by atoms with E-state index in [4.69, 9.17) is 16.3 Å². The van der Waals surface area contributed by atoms with Crippen molar-refractivity contribution in [1.29, 1.82) is 0 Å². The van der Waals surface area contributed by atoms with Crippen LogP contribution >= 0.6 is 11.6 Å². The van der Waals surface area contributed by atoms with Gasteiger partial charge < -0.3 is 14.5 Å². The molecule has 2 aromatic rings. The van der Waals surface area contributed by atoms with Crippen molar-refractivity contribution in [2.75, 3.05) is 37.7 Å². The summed E-state index contributed by atoms with van der Waals surface area (Å²) in [5.74, 6) is 2.89. The van der Waals surface area contributed by atoms with Crippen LogP contribution in [-0.4, -0.2) is 53.6 Å². The van der Waals surface area contributed by atoms with Crippen molar-refractivity contribution in [2.45, 2.75) is 38.5 Å². The molecule has 6 nitrogen and oxygen atoms in total. The third-order valence-corrected chi connectivity index (χ3v) is 7.51. The number of nitrogens with zero attached hydrogens (tertiary/aromatic N) is 4. The number of anilines is 1.